The fourth-order valence-electron chi connectivity index (χ4n) is 2.75. The number of amides is 1. The van der Waals surface area contributed by atoms with Crippen LogP contribution in [-0.2, 0) is 16.0 Å². The van der Waals surface area contributed by atoms with Gasteiger partial charge < -0.3 is 19.5 Å². The molecule has 0 fully saturated rings. The lowest BCUT2D eigenvalue weighted by atomic mass is 10.2. The number of esters is 1. The second kappa shape index (κ2) is 10.4. The summed E-state index contributed by atoms with van der Waals surface area (Å²) in [7, 11) is 1.51. The number of hydrogen-bond acceptors (Lipinski definition) is 7. The molecule has 9 heteroatoms. The number of rotatable bonds is 9. The maximum Gasteiger partial charge on any atom is 0.338 e. The molecule has 0 atom stereocenters. The zero-order valence-corrected chi connectivity index (χ0v) is 19.0. The number of carbonyl (C=O) groups is 2. The van der Waals surface area contributed by atoms with E-state index in [0.717, 1.165) is 15.2 Å². The Morgan fingerprint density at radius 2 is 2.03 bits per heavy atom. The lowest BCUT2D eigenvalue weighted by Crippen LogP contribution is -2.30. The second-order valence-electron chi connectivity index (χ2n) is 6.17. The fourth-order valence-corrected chi connectivity index (χ4v) is 4.32. The molecule has 7 nitrogen and oxygen atoms in total. The van der Waals surface area contributed by atoms with E-state index in [1.807, 2.05) is 31.2 Å². The van der Waals surface area contributed by atoms with Gasteiger partial charge in [-0.15, -0.1) is 11.3 Å². The molecule has 0 aliphatic rings. The summed E-state index contributed by atoms with van der Waals surface area (Å²) >= 11 is 4.95. The van der Waals surface area contributed by atoms with Gasteiger partial charge in [-0.2, -0.15) is 0 Å². The maximum atomic E-state index is 12.3. The first-order chi connectivity index (χ1) is 14.5. The van der Waals surface area contributed by atoms with Crippen LogP contribution in [0.5, 0.6) is 11.5 Å². The summed E-state index contributed by atoms with van der Waals surface area (Å²) in [5.74, 6) is -0.0923. The highest BCUT2D eigenvalue weighted by atomic mass is 79.9. The van der Waals surface area contributed by atoms with E-state index in [0.29, 0.717) is 35.5 Å². The van der Waals surface area contributed by atoms with Crippen molar-refractivity contribution < 1.29 is 23.8 Å². The van der Waals surface area contributed by atoms with Gasteiger partial charge in [-0.25, -0.2) is 9.78 Å². The van der Waals surface area contributed by atoms with E-state index >= 15 is 0 Å². The Morgan fingerprint density at radius 3 is 2.77 bits per heavy atom. The molecular formula is C21H21BrN2O5S. The number of aromatic nitrogens is 1. The Labute approximate surface area is 186 Å². The number of hydrogen-bond donors (Lipinski definition) is 1. The van der Waals surface area contributed by atoms with Crippen LogP contribution in [-0.4, -0.2) is 43.7 Å². The van der Waals surface area contributed by atoms with E-state index in [1.165, 1.54) is 13.2 Å². The Balaban J connectivity index is 1.49. The highest BCUT2D eigenvalue weighted by molar-refractivity contribution is 9.10. The van der Waals surface area contributed by atoms with Crippen molar-refractivity contribution in [1.29, 1.82) is 0 Å². The molecule has 0 aliphatic carbocycles. The average molecular weight is 493 g/mol. The van der Waals surface area contributed by atoms with Crippen molar-refractivity contribution in [2.24, 2.45) is 0 Å². The van der Waals surface area contributed by atoms with Crippen LogP contribution in [0.3, 0.4) is 0 Å². The molecule has 1 aromatic heterocycles. The van der Waals surface area contributed by atoms with Crippen LogP contribution in [0.2, 0.25) is 0 Å². The lowest BCUT2D eigenvalue weighted by molar-refractivity contribution is -0.124. The van der Waals surface area contributed by atoms with Crippen molar-refractivity contribution in [3.05, 3.63) is 51.4 Å². The maximum absolute atomic E-state index is 12.3. The molecule has 0 unspecified atom stereocenters. The summed E-state index contributed by atoms with van der Waals surface area (Å²) in [5, 5.41) is 3.68. The van der Waals surface area contributed by atoms with E-state index in [1.54, 1.807) is 17.4 Å². The molecule has 1 N–H and O–H groups in total. The number of para-hydroxylation sites is 1. The summed E-state index contributed by atoms with van der Waals surface area (Å²) in [6.45, 7) is 2.29. The van der Waals surface area contributed by atoms with E-state index in [9.17, 15) is 9.59 Å². The highest BCUT2D eigenvalue weighted by Crippen LogP contribution is 2.36. The monoisotopic (exact) mass is 492 g/mol. The van der Waals surface area contributed by atoms with E-state index in [-0.39, 0.29) is 18.1 Å². The van der Waals surface area contributed by atoms with Gasteiger partial charge >= 0.3 is 5.97 Å². The molecule has 3 aromatic rings. The zero-order valence-electron chi connectivity index (χ0n) is 16.6. The summed E-state index contributed by atoms with van der Waals surface area (Å²) in [5.41, 5.74) is 1.21. The molecule has 1 amide bonds. The second-order valence-corrected chi connectivity index (χ2v) is 8.14. The minimum absolute atomic E-state index is 0.258. The summed E-state index contributed by atoms with van der Waals surface area (Å²) in [4.78, 5) is 28.9. The summed E-state index contributed by atoms with van der Waals surface area (Å²) in [6, 6.07) is 11.0. The smallest absolute Gasteiger partial charge is 0.338 e. The van der Waals surface area contributed by atoms with Gasteiger partial charge in [0.25, 0.3) is 5.91 Å². The van der Waals surface area contributed by atoms with Crippen molar-refractivity contribution >= 4 is 49.4 Å². The number of methoxy groups -OCH3 is 1. The minimum Gasteiger partial charge on any atom is -0.492 e. The first-order valence-corrected chi connectivity index (χ1v) is 10.9. The molecule has 0 saturated carbocycles. The van der Waals surface area contributed by atoms with Gasteiger partial charge in [-0.3, -0.25) is 4.79 Å². The molecule has 158 valence electrons. The van der Waals surface area contributed by atoms with Gasteiger partial charge in [-0.1, -0.05) is 12.1 Å². The van der Waals surface area contributed by atoms with Crippen molar-refractivity contribution in [3.8, 4) is 11.5 Å². The molecule has 0 aliphatic heterocycles. The number of nitrogens with zero attached hydrogens (tertiary/aromatic N) is 1. The van der Waals surface area contributed by atoms with Crippen molar-refractivity contribution in [1.82, 2.24) is 10.3 Å². The van der Waals surface area contributed by atoms with Crippen LogP contribution in [0.15, 0.2) is 40.9 Å². The first-order valence-electron chi connectivity index (χ1n) is 9.30. The Morgan fingerprint density at radius 1 is 1.23 bits per heavy atom. The van der Waals surface area contributed by atoms with Gasteiger partial charge in [0.1, 0.15) is 0 Å². The molecule has 1 heterocycles. The van der Waals surface area contributed by atoms with Crippen molar-refractivity contribution in [3.63, 3.8) is 0 Å². The van der Waals surface area contributed by atoms with Crippen LogP contribution in [0.4, 0.5) is 0 Å². The van der Waals surface area contributed by atoms with Crippen LogP contribution >= 0.6 is 27.3 Å². The fraction of sp³-hybridized carbons (Fsp3) is 0.286. The van der Waals surface area contributed by atoms with Crippen molar-refractivity contribution in [2.45, 2.75) is 13.3 Å². The number of nitrogens with one attached hydrogen (secondary N) is 1. The van der Waals surface area contributed by atoms with Gasteiger partial charge in [0.15, 0.2) is 18.1 Å². The standard InChI is InChI=1S/C21H21BrN2O5S/c1-3-28-16-11-13(10-14(22)20(16)27-2)21(26)29-12-18(25)23-9-8-19-24-15-6-4-5-7-17(15)30-19/h4-7,10-11H,3,8-9,12H2,1-2H3,(H,23,25). The van der Waals surface area contributed by atoms with Gasteiger partial charge in [-0.05, 0) is 47.1 Å². The van der Waals surface area contributed by atoms with Crippen molar-refractivity contribution in [2.75, 3.05) is 26.9 Å². The topological polar surface area (TPSA) is 86.8 Å². The number of fused-ring (bicyclic) bond motifs is 1. The molecule has 2 aromatic carbocycles. The van der Waals surface area contributed by atoms with Crippen LogP contribution < -0.4 is 14.8 Å². The Hall–Kier alpha value is -2.65. The number of halogens is 1. The Kier molecular flexibility index (Phi) is 7.64. The minimum atomic E-state index is -0.624. The molecular weight excluding hydrogens is 472 g/mol. The third kappa shape index (κ3) is 5.48. The number of benzene rings is 2. The largest absolute Gasteiger partial charge is 0.492 e. The predicted molar refractivity (Wildman–Crippen MR) is 118 cm³/mol. The van der Waals surface area contributed by atoms with E-state index in [2.05, 4.69) is 26.2 Å². The van der Waals surface area contributed by atoms with Crippen LogP contribution in [0.1, 0.15) is 22.3 Å². The Bertz CT molecular complexity index is 1020. The van der Waals surface area contributed by atoms with E-state index < -0.39 is 5.97 Å². The lowest BCUT2D eigenvalue weighted by Gasteiger charge is -2.13. The molecule has 0 spiro atoms. The quantitative estimate of drug-likeness (QED) is 0.454. The van der Waals surface area contributed by atoms with Crippen LogP contribution in [0, 0.1) is 0 Å². The van der Waals surface area contributed by atoms with Gasteiger partial charge in [0.05, 0.1) is 39.0 Å². The molecule has 30 heavy (non-hydrogen) atoms. The average Bonchev–Trinajstić information content (AvgIpc) is 3.15. The van der Waals surface area contributed by atoms with Gasteiger partial charge in [0, 0.05) is 13.0 Å². The van der Waals surface area contributed by atoms with Gasteiger partial charge in [0.2, 0.25) is 0 Å². The third-order valence-corrected chi connectivity index (χ3v) is 5.77. The number of ether oxygens (including phenoxy) is 3. The summed E-state index contributed by atoms with van der Waals surface area (Å²) in [6.07, 6.45) is 0.613. The summed E-state index contributed by atoms with van der Waals surface area (Å²) < 4.78 is 17.6. The third-order valence-electron chi connectivity index (χ3n) is 4.08. The molecule has 3 rings (SSSR count). The van der Waals surface area contributed by atoms with Crippen LogP contribution in [0.25, 0.3) is 10.2 Å². The van der Waals surface area contributed by atoms with E-state index in [4.69, 9.17) is 14.2 Å². The predicted octanol–water partition coefficient (Wildman–Crippen LogP) is 3.98. The number of carbonyl (C=O) groups excluding carboxylic acids is 2. The highest BCUT2D eigenvalue weighted by Gasteiger charge is 2.17. The number of thiazole rings is 1. The first kappa shape index (κ1) is 22.0. The molecule has 0 radical (unpaired) electrons. The molecule has 0 bridgehead atoms. The normalized spacial score (nSPS) is 10.6. The SMILES string of the molecule is CCOc1cc(C(=O)OCC(=O)NCCc2nc3ccccc3s2)cc(Br)c1OC. The zero-order chi connectivity index (χ0) is 21.5. The molecule has 0 saturated heterocycles.